The van der Waals surface area contributed by atoms with E-state index in [0.29, 0.717) is 11.1 Å². The number of carbonyl (C=O) groups is 1. The van der Waals surface area contributed by atoms with Crippen LogP contribution in [0.3, 0.4) is 0 Å². The fourth-order valence-electron chi connectivity index (χ4n) is 1.78. The van der Waals surface area contributed by atoms with Crippen LogP contribution in [0.4, 0.5) is 0 Å². The molecule has 0 saturated carbocycles. The number of benzene rings is 1. The highest BCUT2D eigenvalue weighted by Gasteiger charge is 2.35. The van der Waals surface area contributed by atoms with E-state index in [4.69, 9.17) is 10.7 Å². The van der Waals surface area contributed by atoms with Crippen LogP contribution >= 0.6 is 10.7 Å². The third-order valence-electron chi connectivity index (χ3n) is 2.60. The molecule has 1 aliphatic heterocycles. The van der Waals surface area contributed by atoms with Gasteiger partial charge in [-0.3, -0.25) is 4.79 Å². The summed E-state index contributed by atoms with van der Waals surface area (Å²) in [7, 11) is 1.39. The number of hydrogen-bond donors (Lipinski definition) is 1. The summed E-state index contributed by atoms with van der Waals surface area (Å²) in [6.07, 6.45) is -1.10. The molecular weight excluding hydrogens is 266 g/mol. The summed E-state index contributed by atoms with van der Waals surface area (Å²) in [5.41, 5.74) is 0.886. The summed E-state index contributed by atoms with van der Waals surface area (Å²) < 4.78 is 21.6. The molecule has 1 aliphatic rings. The van der Waals surface area contributed by atoms with Crippen LogP contribution in [0.25, 0.3) is 0 Å². The average Bonchev–Trinajstić information content (AvgIpc) is 2.49. The predicted molar refractivity (Wildman–Crippen MR) is 62.1 cm³/mol. The number of halogens is 1. The lowest BCUT2D eigenvalue weighted by Crippen LogP contribution is -2.32. The Bertz CT molecular complexity index is 557. The Hall–Kier alpha value is -1.11. The fourth-order valence-corrected chi connectivity index (χ4v) is 2.40. The van der Waals surface area contributed by atoms with Crippen LogP contribution in [0, 0.1) is 0 Å². The van der Waals surface area contributed by atoms with Crippen molar-refractivity contribution in [2.45, 2.75) is 6.23 Å². The first-order chi connectivity index (χ1) is 7.90. The van der Waals surface area contributed by atoms with Crippen LogP contribution in [-0.4, -0.2) is 36.6 Å². The number of rotatable bonds is 3. The van der Waals surface area contributed by atoms with Crippen molar-refractivity contribution in [2.24, 2.45) is 0 Å². The molecule has 1 atom stereocenters. The van der Waals surface area contributed by atoms with Crippen molar-refractivity contribution in [1.29, 1.82) is 0 Å². The molecule has 17 heavy (non-hydrogen) atoms. The lowest BCUT2D eigenvalue weighted by atomic mass is 10.1. The molecule has 0 aliphatic carbocycles. The molecule has 2 rings (SSSR count). The molecule has 5 nitrogen and oxygen atoms in total. The van der Waals surface area contributed by atoms with Gasteiger partial charge in [-0.1, -0.05) is 18.2 Å². The summed E-state index contributed by atoms with van der Waals surface area (Å²) in [6.45, 7) is -0.124. The molecule has 0 spiro atoms. The van der Waals surface area contributed by atoms with Gasteiger partial charge in [-0.2, -0.15) is 0 Å². The highest BCUT2D eigenvalue weighted by atomic mass is 35.7. The minimum absolute atomic E-state index is 0.124. The van der Waals surface area contributed by atoms with Crippen LogP contribution in [0.1, 0.15) is 22.1 Å². The molecule has 0 fully saturated rings. The zero-order chi connectivity index (χ0) is 12.6. The van der Waals surface area contributed by atoms with Gasteiger partial charge in [0.2, 0.25) is 9.05 Å². The monoisotopic (exact) mass is 275 g/mol. The van der Waals surface area contributed by atoms with E-state index in [-0.39, 0.29) is 18.2 Å². The van der Waals surface area contributed by atoms with Crippen molar-refractivity contribution in [3.05, 3.63) is 35.4 Å². The number of fused-ring (bicyclic) bond motifs is 1. The van der Waals surface area contributed by atoms with Crippen LogP contribution < -0.4 is 0 Å². The Morgan fingerprint density at radius 2 is 2.00 bits per heavy atom. The number of amides is 1. The number of nitrogens with zero attached hydrogens (tertiary/aromatic N) is 1. The van der Waals surface area contributed by atoms with Crippen molar-refractivity contribution in [3.63, 3.8) is 0 Å². The zero-order valence-electron chi connectivity index (χ0n) is 8.71. The predicted octanol–water partition coefficient (Wildman–Crippen LogP) is 0.702. The Kier molecular flexibility index (Phi) is 3.11. The van der Waals surface area contributed by atoms with E-state index in [1.54, 1.807) is 24.3 Å². The zero-order valence-corrected chi connectivity index (χ0v) is 10.3. The van der Waals surface area contributed by atoms with Crippen LogP contribution in [-0.2, 0) is 9.05 Å². The Morgan fingerprint density at radius 3 is 2.59 bits per heavy atom. The van der Waals surface area contributed by atoms with Gasteiger partial charge in [-0.05, 0) is 6.07 Å². The maximum atomic E-state index is 11.9. The number of carbonyl (C=O) groups excluding carboxylic acids is 1. The van der Waals surface area contributed by atoms with E-state index in [2.05, 4.69) is 0 Å². The van der Waals surface area contributed by atoms with Crippen LogP contribution in [0.5, 0.6) is 0 Å². The summed E-state index contributed by atoms with van der Waals surface area (Å²) in [5, 5.41) is 9.88. The molecule has 1 heterocycles. The third-order valence-corrected chi connectivity index (χ3v) is 3.73. The SMILES string of the molecule is O=C1c2ccccc2C(O)N1CCS(=O)(=O)Cl. The number of aliphatic hydroxyl groups excluding tert-OH is 1. The van der Waals surface area contributed by atoms with E-state index >= 15 is 0 Å². The molecule has 1 aromatic carbocycles. The van der Waals surface area contributed by atoms with Gasteiger partial charge >= 0.3 is 0 Å². The minimum atomic E-state index is -3.68. The van der Waals surface area contributed by atoms with Crippen LogP contribution in [0.15, 0.2) is 24.3 Å². The largest absolute Gasteiger partial charge is 0.369 e. The van der Waals surface area contributed by atoms with E-state index in [9.17, 15) is 18.3 Å². The molecule has 1 aromatic rings. The summed E-state index contributed by atoms with van der Waals surface area (Å²) in [6, 6.07) is 6.62. The van der Waals surface area contributed by atoms with E-state index in [0.717, 1.165) is 4.90 Å². The Balaban J connectivity index is 2.21. The molecule has 1 amide bonds. The first-order valence-corrected chi connectivity index (χ1v) is 7.38. The van der Waals surface area contributed by atoms with Gasteiger partial charge in [0, 0.05) is 28.4 Å². The van der Waals surface area contributed by atoms with Crippen molar-refractivity contribution in [1.82, 2.24) is 4.90 Å². The van der Waals surface area contributed by atoms with Gasteiger partial charge < -0.3 is 10.0 Å². The molecule has 0 aromatic heterocycles. The summed E-state index contributed by atoms with van der Waals surface area (Å²) in [5.74, 6) is -0.765. The highest BCUT2D eigenvalue weighted by Crippen LogP contribution is 2.30. The van der Waals surface area contributed by atoms with Crippen molar-refractivity contribution in [2.75, 3.05) is 12.3 Å². The van der Waals surface area contributed by atoms with Crippen LogP contribution in [0.2, 0.25) is 0 Å². The number of aliphatic hydroxyl groups is 1. The van der Waals surface area contributed by atoms with E-state index in [1.165, 1.54) is 0 Å². The molecular formula is C10H10ClNO4S. The van der Waals surface area contributed by atoms with Crippen molar-refractivity contribution in [3.8, 4) is 0 Å². The second-order valence-electron chi connectivity index (χ2n) is 3.70. The quantitative estimate of drug-likeness (QED) is 0.824. The molecule has 7 heteroatoms. The molecule has 1 unspecified atom stereocenters. The summed E-state index contributed by atoms with van der Waals surface area (Å²) >= 11 is 0. The topological polar surface area (TPSA) is 74.7 Å². The van der Waals surface area contributed by atoms with Gasteiger partial charge in [0.05, 0.1) is 5.75 Å². The van der Waals surface area contributed by atoms with Crippen molar-refractivity contribution >= 4 is 25.6 Å². The van der Waals surface area contributed by atoms with Gasteiger partial charge in [-0.25, -0.2) is 8.42 Å². The van der Waals surface area contributed by atoms with E-state index < -0.39 is 15.3 Å². The molecule has 92 valence electrons. The number of hydrogen-bond acceptors (Lipinski definition) is 4. The standard InChI is InChI=1S/C10H10ClNO4S/c11-17(15,16)6-5-12-9(13)7-3-1-2-4-8(7)10(12)14/h1-4,9,13H,5-6H2. The van der Waals surface area contributed by atoms with Gasteiger partial charge in [-0.15, -0.1) is 0 Å². The molecule has 0 radical (unpaired) electrons. The summed E-state index contributed by atoms with van der Waals surface area (Å²) in [4.78, 5) is 12.9. The minimum Gasteiger partial charge on any atom is -0.369 e. The maximum absolute atomic E-state index is 11.9. The Labute approximate surface area is 103 Å². The second-order valence-corrected chi connectivity index (χ2v) is 6.60. The van der Waals surface area contributed by atoms with Gasteiger partial charge in [0.25, 0.3) is 5.91 Å². The maximum Gasteiger partial charge on any atom is 0.256 e. The first-order valence-electron chi connectivity index (χ1n) is 4.90. The third kappa shape index (κ3) is 2.43. The average molecular weight is 276 g/mol. The second kappa shape index (κ2) is 4.29. The smallest absolute Gasteiger partial charge is 0.256 e. The Morgan fingerprint density at radius 1 is 1.35 bits per heavy atom. The molecule has 0 bridgehead atoms. The highest BCUT2D eigenvalue weighted by molar-refractivity contribution is 8.13. The van der Waals surface area contributed by atoms with E-state index in [1.807, 2.05) is 0 Å². The van der Waals surface area contributed by atoms with Gasteiger partial charge in [0.15, 0.2) is 6.23 Å². The van der Waals surface area contributed by atoms with Crippen molar-refractivity contribution < 1.29 is 18.3 Å². The fraction of sp³-hybridized carbons (Fsp3) is 0.300. The molecule has 1 N–H and O–H groups in total. The first kappa shape index (κ1) is 12.3. The lowest BCUT2D eigenvalue weighted by molar-refractivity contribution is 0.0207. The lowest BCUT2D eigenvalue weighted by Gasteiger charge is -2.19. The normalized spacial score (nSPS) is 19.5. The van der Waals surface area contributed by atoms with Gasteiger partial charge in [0.1, 0.15) is 0 Å². The molecule has 0 saturated heterocycles.